The van der Waals surface area contributed by atoms with Gasteiger partial charge in [-0.2, -0.15) is 5.10 Å². The summed E-state index contributed by atoms with van der Waals surface area (Å²) in [5.74, 6) is 1.23. The van der Waals surface area contributed by atoms with Crippen LogP contribution in [-0.2, 0) is 7.05 Å². The highest BCUT2D eigenvalue weighted by atomic mass is 15.3. The molecule has 0 saturated heterocycles. The van der Waals surface area contributed by atoms with Gasteiger partial charge in [-0.05, 0) is 5.92 Å². The summed E-state index contributed by atoms with van der Waals surface area (Å²) >= 11 is 0. The van der Waals surface area contributed by atoms with E-state index in [4.69, 9.17) is 5.73 Å². The molecule has 16 heavy (non-hydrogen) atoms. The summed E-state index contributed by atoms with van der Waals surface area (Å²) in [6.45, 7) is 4.20. The van der Waals surface area contributed by atoms with E-state index in [1.54, 1.807) is 17.2 Å². The van der Waals surface area contributed by atoms with Gasteiger partial charge in [0.05, 0.1) is 11.9 Å². The predicted molar refractivity (Wildman–Crippen MR) is 62.1 cm³/mol. The van der Waals surface area contributed by atoms with E-state index in [0.29, 0.717) is 5.92 Å². The predicted octanol–water partition coefficient (Wildman–Crippen LogP) is 1.26. The van der Waals surface area contributed by atoms with Crippen LogP contribution in [0.25, 0.3) is 5.82 Å². The lowest BCUT2D eigenvalue weighted by atomic mass is 10.0. The lowest BCUT2D eigenvalue weighted by Crippen LogP contribution is -2.20. The third kappa shape index (κ3) is 1.86. The summed E-state index contributed by atoms with van der Waals surface area (Å²) < 4.78 is 3.70. The van der Waals surface area contributed by atoms with E-state index in [1.165, 1.54) is 0 Å². The molecule has 0 aliphatic rings. The van der Waals surface area contributed by atoms with Crippen LogP contribution in [0.15, 0.2) is 24.8 Å². The summed E-state index contributed by atoms with van der Waals surface area (Å²) in [5, 5.41) is 4.34. The van der Waals surface area contributed by atoms with Gasteiger partial charge in [0.2, 0.25) is 0 Å². The second kappa shape index (κ2) is 4.09. The summed E-state index contributed by atoms with van der Waals surface area (Å²) in [6, 6.07) is 1.92. The highest BCUT2D eigenvalue weighted by Crippen LogP contribution is 2.20. The monoisotopic (exact) mass is 219 g/mol. The minimum Gasteiger partial charge on any atom is -0.322 e. The van der Waals surface area contributed by atoms with E-state index in [0.717, 1.165) is 11.5 Å². The zero-order valence-electron chi connectivity index (χ0n) is 9.83. The Balaban J connectivity index is 2.39. The number of nitrogens with two attached hydrogens (primary N) is 1. The molecule has 0 aromatic carbocycles. The first-order valence-corrected chi connectivity index (χ1v) is 5.37. The average Bonchev–Trinajstić information content (AvgIpc) is 2.83. The zero-order chi connectivity index (χ0) is 11.7. The summed E-state index contributed by atoms with van der Waals surface area (Å²) in [6.07, 6.45) is 5.46. The molecule has 0 aliphatic heterocycles. The Bertz CT molecular complexity index is 468. The number of hydrogen-bond donors (Lipinski definition) is 1. The molecule has 0 bridgehead atoms. The lowest BCUT2D eigenvalue weighted by molar-refractivity contribution is 0.495. The lowest BCUT2D eigenvalue weighted by Gasteiger charge is -2.16. The van der Waals surface area contributed by atoms with Crippen LogP contribution in [0, 0.1) is 5.92 Å². The minimum absolute atomic E-state index is 0.0236. The Morgan fingerprint density at radius 1 is 1.38 bits per heavy atom. The molecule has 5 nitrogen and oxygen atoms in total. The fraction of sp³-hybridized carbons (Fsp3) is 0.455. The Kier molecular flexibility index (Phi) is 2.78. The quantitative estimate of drug-likeness (QED) is 0.845. The molecule has 2 rings (SSSR count). The molecule has 86 valence electrons. The second-order valence-electron chi connectivity index (χ2n) is 4.31. The van der Waals surface area contributed by atoms with Crippen molar-refractivity contribution in [2.75, 3.05) is 0 Å². The molecule has 0 spiro atoms. The molecule has 2 heterocycles. The molecular weight excluding hydrogens is 202 g/mol. The van der Waals surface area contributed by atoms with Gasteiger partial charge in [0.1, 0.15) is 6.33 Å². The smallest absolute Gasteiger partial charge is 0.160 e. The van der Waals surface area contributed by atoms with Crippen LogP contribution >= 0.6 is 0 Å². The topological polar surface area (TPSA) is 61.7 Å². The van der Waals surface area contributed by atoms with E-state index < -0.39 is 0 Å². The number of aryl methyl sites for hydroxylation is 1. The molecule has 2 N–H and O–H groups in total. The molecule has 0 fully saturated rings. The first-order valence-electron chi connectivity index (χ1n) is 5.37. The van der Waals surface area contributed by atoms with Crippen molar-refractivity contribution in [2.45, 2.75) is 19.9 Å². The SMILES string of the molecule is CC(C)C(N)c1cncn1-c1ccn(C)n1. The first-order chi connectivity index (χ1) is 7.59. The Labute approximate surface area is 94.9 Å². The van der Waals surface area contributed by atoms with E-state index >= 15 is 0 Å². The number of aromatic nitrogens is 4. The van der Waals surface area contributed by atoms with Gasteiger partial charge in [0, 0.05) is 25.4 Å². The van der Waals surface area contributed by atoms with E-state index in [1.807, 2.05) is 23.9 Å². The molecule has 0 radical (unpaired) electrons. The van der Waals surface area contributed by atoms with Crippen LogP contribution in [0.1, 0.15) is 25.6 Å². The van der Waals surface area contributed by atoms with Gasteiger partial charge in [-0.15, -0.1) is 0 Å². The third-order valence-corrected chi connectivity index (χ3v) is 2.67. The first kappa shape index (κ1) is 10.9. The fourth-order valence-corrected chi connectivity index (χ4v) is 1.62. The molecule has 2 aromatic rings. The van der Waals surface area contributed by atoms with E-state index in [9.17, 15) is 0 Å². The van der Waals surface area contributed by atoms with Crippen LogP contribution in [0.2, 0.25) is 0 Å². The van der Waals surface area contributed by atoms with Gasteiger partial charge < -0.3 is 5.73 Å². The standard InChI is InChI=1S/C11H17N5/c1-8(2)11(12)9-6-13-7-16(9)10-4-5-15(3)14-10/h4-8,11H,12H2,1-3H3. The largest absolute Gasteiger partial charge is 0.322 e. The molecule has 1 unspecified atom stereocenters. The average molecular weight is 219 g/mol. The highest BCUT2D eigenvalue weighted by Gasteiger charge is 2.16. The minimum atomic E-state index is -0.0236. The van der Waals surface area contributed by atoms with E-state index in [-0.39, 0.29) is 6.04 Å². The van der Waals surface area contributed by atoms with Crippen LogP contribution < -0.4 is 5.73 Å². The number of rotatable bonds is 3. The molecule has 0 saturated carbocycles. The molecule has 0 aliphatic carbocycles. The van der Waals surface area contributed by atoms with Crippen LogP contribution in [0.4, 0.5) is 0 Å². The van der Waals surface area contributed by atoms with Crippen LogP contribution in [0.5, 0.6) is 0 Å². The van der Waals surface area contributed by atoms with Gasteiger partial charge in [0.25, 0.3) is 0 Å². The van der Waals surface area contributed by atoms with Gasteiger partial charge in [-0.3, -0.25) is 9.25 Å². The Hall–Kier alpha value is -1.62. The Morgan fingerprint density at radius 2 is 2.12 bits per heavy atom. The number of nitrogens with zero attached hydrogens (tertiary/aromatic N) is 4. The highest BCUT2D eigenvalue weighted by molar-refractivity contribution is 5.25. The van der Waals surface area contributed by atoms with Crippen molar-refractivity contribution >= 4 is 0 Å². The maximum atomic E-state index is 6.13. The number of hydrogen-bond acceptors (Lipinski definition) is 3. The maximum Gasteiger partial charge on any atom is 0.160 e. The van der Waals surface area contributed by atoms with Crippen molar-refractivity contribution in [1.29, 1.82) is 0 Å². The van der Waals surface area contributed by atoms with E-state index in [2.05, 4.69) is 23.9 Å². The van der Waals surface area contributed by atoms with Crippen molar-refractivity contribution in [3.63, 3.8) is 0 Å². The van der Waals surface area contributed by atoms with Gasteiger partial charge in [-0.25, -0.2) is 4.98 Å². The Morgan fingerprint density at radius 3 is 2.69 bits per heavy atom. The molecule has 5 heteroatoms. The number of imidazole rings is 1. The molecule has 2 aromatic heterocycles. The molecular formula is C11H17N5. The fourth-order valence-electron chi connectivity index (χ4n) is 1.62. The molecule has 0 amide bonds. The summed E-state index contributed by atoms with van der Waals surface area (Å²) in [5.41, 5.74) is 7.13. The van der Waals surface area contributed by atoms with Gasteiger partial charge in [0.15, 0.2) is 5.82 Å². The van der Waals surface area contributed by atoms with Gasteiger partial charge in [-0.1, -0.05) is 13.8 Å². The van der Waals surface area contributed by atoms with Crippen molar-refractivity contribution < 1.29 is 0 Å². The van der Waals surface area contributed by atoms with Crippen molar-refractivity contribution in [3.05, 3.63) is 30.5 Å². The second-order valence-corrected chi connectivity index (χ2v) is 4.31. The maximum absolute atomic E-state index is 6.13. The van der Waals surface area contributed by atoms with Crippen LogP contribution in [-0.4, -0.2) is 19.3 Å². The zero-order valence-corrected chi connectivity index (χ0v) is 9.83. The van der Waals surface area contributed by atoms with Gasteiger partial charge >= 0.3 is 0 Å². The summed E-state index contributed by atoms with van der Waals surface area (Å²) in [7, 11) is 1.89. The summed E-state index contributed by atoms with van der Waals surface area (Å²) in [4.78, 5) is 4.14. The van der Waals surface area contributed by atoms with Crippen molar-refractivity contribution in [2.24, 2.45) is 18.7 Å². The van der Waals surface area contributed by atoms with Crippen molar-refractivity contribution in [3.8, 4) is 5.82 Å². The normalized spacial score (nSPS) is 13.3. The molecule has 1 atom stereocenters. The van der Waals surface area contributed by atoms with Crippen LogP contribution in [0.3, 0.4) is 0 Å². The van der Waals surface area contributed by atoms with Crippen molar-refractivity contribution in [1.82, 2.24) is 19.3 Å². The third-order valence-electron chi connectivity index (χ3n) is 2.67.